The lowest BCUT2D eigenvalue weighted by Crippen LogP contribution is -2.19. The lowest BCUT2D eigenvalue weighted by molar-refractivity contribution is 0.0687. The quantitative estimate of drug-likeness (QED) is 0.474. The maximum atomic E-state index is 15.1. The average Bonchev–Trinajstić information content (AvgIpc) is 3.32. The summed E-state index contributed by atoms with van der Waals surface area (Å²) >= 11 is 0. The maximum Gasteiger partial charge on any atom is 0.274 e. The molecule has 2 aromatic carbocycles. The zero-order chi connectivity index (χ0) is 24.2. The topological polar surface area (TPSA) is 82.2 Å². The van der Waals surface area contributed by atoms with E-state index in [1.165, 1.54) is 25.4 Å². The molecule has 1 aliphatic rings. The van der Waals surface area contributed by atoms with E-state index in [0.29, 0.717) is 29.8 Å². The minimum atomic E-state index is -1.49. The molecule has 9 heteroatoms. The molecule has 5 rings (SSSR count). The van der Waals surface area contributed by atoms with Crippen molar-refractivity contribution in [3.05, 3.63) is 76.4 Å². The third-order valence-corrected chi connectivity index (χ3v) is 6.04. The van der Waals surface area contributed by atoms with Crippen LogP contribution >= 0.6 is 0 Å². The predicted octanol–water partition coefficient (Wildman–Crippen LogP) is 4.31. The molecule has 1 N–H and O–H groups in total. The maximum absolute atomic E-state index is 15.1. The van der Waals surface area contributed by atoms with Crippen LogP contribution in [0, 0.1) is 5.82 Å². The predicted molar refractivity (Wildman–Crippen MR) is 123 cm³/mol. The van der Waals surface area contributed by atoms with Crippen LogP contribution in [0.25, 0.3) is 22.0 Å². The van der Waals surface area contributed by atoms with E-state index in [4.69, 9.17) is 4.74 Å². The average molecular weight is 466 g/mol. The zero-order valence-corrected chi connectivity index (χ0v) is 19.0. The van der Waals surface area contributed by atoms with Gasteiger partial charge in [0, 0.05) is 42.6 Å². The molecule has 0 saturated carbocycles. The van der Waals surface area contributed by atoms with Crippen molar-refractivity contribution in [3.63, 3.8) is 0 Å². The van der Waals surface area contributed by atoms with Crippen molar-refractivity contribution in [2.75, 3.05) is 0 Å². The number of nitrogens with zero attached hydrogens (tertiary/aromatic N) is 4. The highest BCUT2D eigenvalue weighted by Gasteiger charge is 2.31. The summed E-state index contributed by atoms with van der Waals surface area (Å²) in [4.78, 5) is 21.4. The molecule has 1 aliphatic heterocycles. The van der Waals surface area contributed by atoms with Crippen molar-refractivity contribution >= 4 is 10.9 Å². The van der Waals surface area contributed by atoms with Gasteiger partial charge in [-0.15, -0.1) is 0 Å². The summed E-state index contributed by atoms with van der Waals surface area (Å²) in [7, 11) is 0. The molecule has 0 radical (unpaired) electrons. The molecule has 0 amide bonds. The number of rotatable bonds is 5. The van der Waals surface area contributed by atoms with Gasteiger partial charge in [0.15, 0.2) is 5.82 Å². The normalized spacial score (nSPS) is 16.6. The van der Waals surface area contributed by atoms with E-state index in [0.717, 1.165) is 5.56 Å². The van der Waals surface area contributed by atoms with E-state index in [1.807, 2.05) is 16.8 Å². The summed E-state index contributed by atoms with van der Waals surface area (Å²) < 4.78 is 37.5. The highest BCUT2D eigenvalue weighted by molar-refractivity contribution is 5.85. The first-order valence-electron chi connectivity index (χ1n) is 11.0. The first-order valence-corrected chi connectivity index (χ1v) is 11.0. The van der Waals surface area contributed by atoms with Gasteiger partial charge in [0.25, 0.3) is 5.56 Å². The lowest BCUT2D eigenvalue weighted by atomic mass is 10.0. The molecular weight excluding hydrogens is 442 g/mol. The van der Waals surface area contributed by atoms with E-state index in [9.17, 15) is 14.3 Å². The summed E-state index contributed by atoms with van der Waals surface area (Å²) in [5, 5.41) is 10.4. The number of hydrogen-bond donors (Lipinski definition) is 1. The molecule has 176 valence electrons. The third kappa shape index (κ3) is 3.66. The van der Waals surface area contributed by atoms with Crippen LogP contribution in [-0.2, 0) is 12.1 Å². The molecule has 34 heavy (non-hydrogen) atoms. The van der Waals surface area contributed by atoms with Crippen molar-refractivity contribution in [1.82, 2.24) is 19.3 Å². The molecule has 0 spiro atoms. The van der Waals surface area contributed by atoms with E-state index >= 15 is 4.39 Å². The molecule has 3 heterocycles. The number of alkyl halides is 1. The Bertz CT molecular complexity index is 1440. The van der Waals surface area contributed by atoms with E-state index < -0.39 is 17.8 Å². The molecule has 0 bridgehead atoms. The number of benzene rings is 2. The summed E-state index contributed by atoms with van der Waals surface area (Å²) in [6, 6.07) is 9.72. The molecule has 1 unspecified atom stereocenters. The number of aromatic nitrogens is 4. The largest absolute Gasteiger partial charge is 0.460 e. The second kappa shape index (κ2) is 8.02. The second-order valence-corrected chi connectivity index (χ2v) is 8.98. The molecule has 4 aromatic rings. The van der Waals surface area contributed by atoms with Crippen LogP contribution in [0.4, 0.5) is 8.78 Å². The minimum Gasteiger partial charge on any atom is -0.460 e. The monoisotopic (exact) mass is 466 g/mol. The van der Waals surface area contributed by atoms with E-state index in [2.05, 4.69) is 9.97 Å². The van der Waals surface area contributed by atoms with Gasteiger partial charge in [-0.3, -0.25) is 9.48 Å². The van der Waals surface area contributed by atoms with Gasteiger partial charge in [-0.05, 0) is 38.5 Å². The summed E-state index contributed by atoms with van der Waals surface area (Å²) in [5.74, 6) is 0.0567. The fraction of sp³-hybridized carbons (Fsp3) is 0.320. The van der Waals surface area contributed by atoms with E-state index in [1.54, 1.807) is 36.7 Å². The van der Waals surface area contributed by atoms with E-state index in [-0.39, 0.29) is 28.4 Å². The summed E-state index contributed by atoms with van der Waals surface area (Å²) in [6.07, 6.45) is 2.03. The van der Waals surface area contributed by atoms with Crippen LogP contribution in [0.15, 0.2) is 53.6 Å². The number of hydrogen-bond acceptors (Lipinski definition) is 5. The Morgan fingerprint density at radius 2 is 1.91 bits per heavy atom. The SMILES string of the molecule is CC(F)Oc1ccccc1[C@@H]1CCn2c(=O)c3cc(F)c(-c4cnc(C(C)(C)O)nc4)cc3n21. The molecule has 2 atom stereocenters. The Morgan fingerprint density at radius 3 is 2.59 bits per heavy atom. The third-order valence-electron chi connectivity index (χ3n) is 6.04. The summed E-state index contributed by atoms with van der Waals surface area (Å²) in [6.45, 7) is 4.89. The van der Waals surface area contributed by atoms with Crippen molar-refractivity contribution in [1.29, 1.82) is 0 Å². The Hall–Kier alpha value is -3.59. The van der Waals surface area contributed by atoms with Crippen LogP contribution in [0.5, 0.6) is 5.75 Å². The van der Waals surface area contributed by atoms with Crippen LogP contribution in [0.2, 0.25) is 0 Å². The highest BCUT2D eigenvalue weighted by Crippen LogP contribution is 2.38. The van der Waals surface area contributed by atoms with Crippen molar-refractivity contribution < 1.29 is 18.6 Å². The molecule has 0 fully saturated rings. The number of aliphatic hydroxyl groups is 1. The Labute approximate surface area is 194 Å². The van der Waals surface area contributed by atoms with Gasteiger partial charge >= 0.3 is 0 Å². The number of fused-ring (bicyclic) bond motifs is 3. The van der Waals surface area contributed by atoms with Gasteiger partial charge in [-0.25, -0.2) is 23.4 Å². The minimum absolute atomic E-state index is 0.220. The Kier molecular flexibility index (Phi) is 5.24. The summed E-state index contributed by atoms with van der Waals surface area (Å²) in [5.41, 5.74) is 0.455. The Morgan fingerprint density at radius 1 is 1.21 bits per heavy atom. The van der Waals surface area contributed by atoms with Crippen molar-refractivity contribution in [2.24, 2.45) is 0 Å². The number of ether oxygens (including phenoxy) is 1. The van der Waals surface area contributed by atoms with Crippen LogP contribution < -0.4 is 10.3 Å². The first-order chi connectivity index (χ1) is 16.1. The molecular formula is C25H24F2N4O3. The fourth-order valence-electron chi connectivity index (χ4n) is 4.53. The van der Waals surface area contributed by atoms with Crippen LogP contribution in [-0.4, -0.2) is 30.8 Å². The molecule has 0 aliphatic carbocycles. The smallest absolute Gasteiger partial charge is 0.274 e. The molecule has 7 nitrogen and oxygen atoms in total. The molecule has 0 saturated heterocycles. The number of halogens is 2. The standard InChI is InChI=1S/C25H24F2N4O3/c1-14(26)34-22-7-5-4-6-16(22)20-8-9-30-23(32)18-10-19(27)17(11-21(18)31(20)30)15-12-28-24(29-13-15)25(2,3)33/h4-7,10-14,20,33H,8-9H2,1-3H3/t14?,20-/m0/s1. The lowest BCUT2D eigenvalue weighted by Gasteiger charge is -2.19. The zero-order valence-electron chi connectivity index (χ0n) is 19.0. The first kappa shape index (κ1) is 22.2. The number of para-hydroxylation sites is 1. The van der Waals surface area contributed by atoms with Crippen LogP contribution in [0.3, 0.4) is 0 Å². The highest BCUT2D eigenvalue weighted by atomic mass is 19.1. The van der Waals surface area contributed by atoms with Crippen LogP contribution in [0.1, 0.15) is 44.6 Å². The van der Waals surface area contributed by atoms with Gasteiger partial charge in [-0.2, -0.15) is 0 Å². The van der Waals surface area contributed by atoms with Gasteiger partial charge in [0.05, 0.1) is 16.9 Å². The van der Waals surface area contributed by atoms with Gasteiger partial charge in [0.1, 0.15) is 17.2 Å². The van der Waals surface area contributed by atoms with Gasteiger partial charge < -0.3 is 9.84 Å². The van der Waals surface area contributed by atoms with Gasteiger partial charge in [-0.1, -0.05) is 18.2 Å². The van der Waals surface area contributed by atoms with Crippen molar-refractivity contribution in [3.8, 4) is 16.9 Å². The second-order valence-electron chi connectivity index (χ2n) is 8.98. The van der Waals surface area contributed by atoms with Gasteiger partial charge in [0.2, 0.25) is 6.36 Å². The van der Waals surface area contributed by atoms with Crippen molar-refractivity contribution in [2.45, 2.75) is 51.7 Å². The fourth-order valence-corrected chi connectivity index (χ4v) is 4.53. The molecule has 2 aromatic heterocycles. The Balaban J connectivity index is 1.66.